The van der Waals surface area contributed by atoms with Crippen molar-refractivity contribution in [2.75, 3.05) is 17.2 Å². The zero-order valence-electron chi connectivity index (χ0n) is 16.2. The lowest BCUT2D eigenvalue weighted by Gasteiger charge is -2.55. The number of rotatable bonds is 5. The van der Waals surface area contributed by atoms with Gasteiger partial charge in [-0.2, -0.15) is 0 Å². The minimum atomic E-state index is -0.763. The number of anilines is 1. The third-order valence-electron chi connectivity index (χ3n) is 5.27. The third kappa shape index (κ3) is 3.67. The van der Waals surface area contributed by atoms with E-state index in [9.17, 15) is 14.4 Å². The number of β-lactam (4-membered cyclic amide) rings is 1. The van der Waals surface area contributed by atoms with Crippen LogP contribution in [-0.4, -0.2) is 46.4 Å². The van der Waals surface area contributed by atoms with Crippen molar-refractivity contribution in [1.82, 2.24) is 4.90 Å². The van der Waals surface area contributed by atoms with Crippen LogP contribution in [0.5, 0.6) is 0 Å². The molecule has 0 N–H and O–H groups in total. The molecule has 0 aliphatic carbocycles. The first kappa shape index (κ1) is 20.0. The van der Waals surface area contributed by atoms with Crippen LogP contribution >= 0.6 is 23.1 Å². The molecule has 2 fully saturated rings. The van der Waals surface area contributed by atoms with Gasteiger partial charge in [-0.25, -0.2) is 0 Å². The summed E-state index contributed by atoms with van der Waals surface area (Å²) in [4.78, 5) is 41.2. The molecule has 2 aromatic rings. The molecule has 0 radical (unpaired) electrons. The second kappa shape index (κ2) is 7.84. The SMILES string of the molecule is CC(=O)N(c1cccs1)C1C(=O)N2CC(C)(C(=O)OCc3ccccc3)CS[C@H]12. The van der Waals surface area contributed by atoms with Crippen LogP contribution in [0, 0.1) is 5.41 Å². The van der Waals surface area contributed by atoms with Crippen molar-refractivity contribution in [3.05, 3.63) is 53.4 Å². The number of hydrogen-bond donors (Lipinski definition) is 0. The van der Waals surface area contributed by atoms with Gasteiger partial charge < -0.3 is 9.64 Å². The van der Waals surface area contributed by atoms with Crippen LogP contribution in [0.4, 0.5) is 5.00 Å². The highest BCUT2D eigenvalue weighted by atomic mass is 32.2. The van der Waals surface area contributed by atoms with Gasteiger partial charge in [0.05, 0.1) is 10.4 Å². The molecule has 2 saturated heterocycles. The van der Waals surface area contributed by atoms with Crippen LogP contribution in [0.3, 0.4) is 0 Å². The highest BCUT2D eigenvalue weighted by Gasteiger charge is 2.58. The molecule has 1 aromatic carbocycles. The summed E-state index contributed by atoms with van der Waals surface area (Å²) in [6.07, 6.45) is 0. The van der Waals surface area contributed by atoms with Gasteiger partial charge in [0.1, 0.15) is 18.0 Å². The predicted molar refractivity (Wildman–Crippen MR) is 114 cm³/mol. The third-order valence-corrected chi connectivity index (χ3v) is 7.80. The number of carbonyl (C=O) groups excluding carboxylic acids is 3. The minimum Gasteiger partial charge on any atom is -0.460 e. The predicted octanol–water partition coefficient (Wildman–Crippen LogP) is 3.13. The average molecular weight is 431 g/mol. The highest BCUT2D eigenvalue weighted by Crippen LogP contribution is 2.45. The van der Waals surface area contributed by atoms with E-state index in [-0.39, 0.29) is 29.8 Å². The van der Waals surface area contributed by atoms with Crippen molar-refractivity contribution in [3.8, 4) is 0 Å². The topological polar surface area (TPSA) is 66.9 Å². The van der Waals surface area contributed by atoms with E-state index in [0.717, 1.165) is 10.6 Å². The van der Waals surface area contributed by atoms with Crippen LogP contribution in [0.1, 0.15) is 19.4 Å². The first-order valence-electron chi connectivity index (χ1n) is 9.37. The number of esters is 1. The Morgan fingerprint density at radius 3 is 2.66 bits per heavy atom. The number of carbonyl (C=O) groups is 3. The van der Waals surface area contributed by atoms with Crippen LogP contribution in [0.2, 0.25) is 0 Å². The smallest absolute Gasteiger partial charge is 0.314 e. The van der Waals surface area contributed by atoms with Crippen LogP contribution in [0.25, 0.3) is 0 Å². The van der Waals surface area contributed by atoms with Gasteiger partial charge in [-0.05, 0) is 30.0 Å². The zero-order valence-corrected chi connectivity index (χ0v) is 17.9. The first-order chi connectivity index (χ1) is 13.9. The molecule has 2 unspecified atom stereocenters. The lowest BCUT2D eigenvalue weighted by Crippen LogP contribution is -2.74. The second-order valence-corrected chi connectivity index (χ2v) is 9.61. The largest absolute Gasteiger partial charge is 0.460 e. The van der Waals surface area contributed by atoms with Gasteiger partial charge in [-0.1, -0.05) is 30.3 Å². The average Bonchev–Trinajstić information content (AvgIpc) is 3.25. The van der Waals surface area contributed by atoms with E-state index >= 15 is 0 Å². The molecule has 2 aliphatic rings. The second-order valence-electron chi connectivity index (χ2n) is 7.58. The number of fused-ring (bicyclic) bond motifs is 1. The fourth-order valence-corrected chi connectivity index (χ4v) is 6.04. The summed E-state index contributed by atoms with van der Waals surface area (Å²) in [5.74, 6) is -0.0262. The van der Waals surface area contributed by atoms with E-state index in [1.165, 1.54) is 30.0 Å². The Balaban J connectivity index is 1.43. The van der Waals surface area contributed by atoms with Gasteiger partial charge in [0.25, 0.3) is 0 Å². The van der Waals surface area contributed by atoms with Crippen LogP contribution in [-0.2, 0) is 25.7 Å². The molecule has 6 nitrogen and oxygen atoms in total. The van der Waals surface area contributed by atoms with Gasteiger partial charge in [0.2, 0.25) is 11.8 Å². The molecule has 8 heteroatoms. The Kier molecular flexibility index (Phi) is 5.40. The summed E-state index contributed by atoms with van der Waals surface area (Å²) in [6, 6.07) is 12.7. The molecule has 2 aliphatic heterocycles. The Morgan fingerprint density at radius 2 is 2.00 bits per heavy atom. The summed E-state index contributed by atoms with van der Waals surface area (Å²) in [7, 11) is 0. The zero-order chi connectivity index (χ0) is 20.6. The summed E-state index contributed by atoms with van der Waals surface area (Å²) in [5, 5.41) is 2.52. The van der Waals surface area contributed by atoms with E-state index < -0.39 is 11.5 Å². The number of benzene rings is 1. The van der Waals surface area contributed by atoms with E-state index in [2.05, 4.69) is 0 Å². The van der Waals surface area contributed by atoms with Gasteiger partial charge in [0.15, 0.2) is 0 Å². The molecule has 3 atom stereocenters. The maximum absolute atomic E-state index is 12.9. The Hall–Kier alpha value is -2.32. The molecule has 2 amide bonds. The number of ether oxygens (including phenoxy) is 1. The van der Waals surface area contributed by atoms with Crippen molar-refractivity contribution in [1.29, 1.82) is 0 Å². The van der Waals surface area contributed by atoms with Crippen molar-refractivity contribution in [2.45, 2.75) is 31.9 Å². The molecule has 0 saturated carbocycles. The summed E-state index contributed by atoms with van der Waals surface area (Å²) in [6.45, 7) is 3.85. The lowest BCUT2D eigenvalue weighted by molar-refractivity contribution is -0.161. The molecule has 152 valence electrons. The maximum atomic E-state index is 12.9. The maximum Gasteiger partial charge on any atom is 0.314 e. The normalized spacial score (nSPS) is 25.7. The number of nitrogens with zero attached hydrogens (tertiary/aromatic N) is 2. The first-order valence-corrected chi connectivity index (χ1v) is 11.3. The molecule has 29 heavy (non-hydrogen) atoms. The number of hydrogen-bond acceptors (Lipinski definition) is 6. The van der Waals surface area contributed by atoms with E-state index in [1.54, 1.807) is 9.80 Å². The minimum absolute atomic E-state index is 0.118. The quantitative estimate of drug-likeness (QED) is 0.539. The molecule has 1 aromatic heterocycles. The fraction of sp³-hybridized carbons (Fsp3) is 0.381. The van der Waals surface area contributed by atoms with Crippen LogP contribution in [0.15, 0.2) is 47.8 Å². The standard InChI is InChI=1S/C21H22N2O4S2/c1-14(24)23(16-9-6-10-28-16)17-18(25)22-12-21(2,13-29-19(17)22)20(26)27-11-15-7-4-3-5-8-15/h3-10,17,19H,11-13H2,1-2H3/t17?,19-,21?/m1/s1. The van der Waals surface area contributed by atoms with E-state index in [1.807, 2.05) is 54.8 Å². The Morgan fingerprint density at radius 1 is 1.24 bits per heavy atom. The number of thiophene rings is 1. The molecule has 0 spiro atoms. The fourth-order valence-electron chi connectivity index (χ4n) is 3.70. The van der Waals surface area contributed by atoms with Crippen molar-refractivity contribution >= 4 is 45.9 Å². The monoisotopic (exact) mass is 430 g/mol. The number of thioether (sulfide) groups is 1. The molecule has 0 bridgehead atoms. The van der Waals surface area contributed by atoms with Crippen molar-refractivity contribution < 1.29 is 19.1 Å². The Labute approximate surface area is 177 Å². The molecule has 4 rings (SSSR count). The van der Waals surface area contributed by atoms with E-state index in [0.29, 0.717) is 12.3 Å². The van der Waals surface area contributed by atoms with Gasteiger partial charge in [0, 0.05) is 19.2 Å². The van der Waals surface area contributed by atoms with E-state index in [4.69, 9.17) is 4.74 Å². The summed E-state index contributed by atoms with van der Waals surface area (Å²) in [5.41, 5.74) is 0.166. The summed E-state index contributed by atoms with van der Waals surface area (Å²) >= 11 is 2.98. The van der Waals surface area contributed by atoms with Gasteiger partial charge >= 0.3 is 5.97 Å². The van der Waals surface area contributed by atoms with Crippen LogP contribution < -0.4 is 4.90 Å². The Bertz CT molecular complexity index is 918. The molecular formula is C21H22N2O4S2. The highest BCUT2D eigenvalue weighted by molar-refractivity contribution is 8.00. The van der Waals surface area contributed by atoms with Crippen molar-refractivity contribution in [2.24, 2.45) is 5.41 Å². The van der Waals surface area contributed by atoms with Gasteiger partial charge in [-0.3, -0.25) is 19.3 Å². The van der Waals surface area contributed by atoms with Crippen molar-refractivity contribution in [3.63, 3.8) is 0 Å². The lowest BCUT2D eigenvalue weighted by atomic mass is 9.89. The number of amides is 2. The van der Waals surface area contributed by atoms with Gasteiger partial charge in [-0.15, -0.1) is 23.1 Å². The molecule has 3 heterocycles. The molecular weight excluding hydrogens is 408 g/mol. The summed E-state index contributed by atoms with van der Waals surface area (Å²) < 4.78 is 5.53.